The van der Waals surface area contributed by atoms with Crippen molar-refractivity contribution in [2.75, 3.05) is 25.4 Å². The molecular weight excluding hydrogens is 680 g/mol. The standard InChI is InChI=1S/C32H34N7O7PS.Na/c1-2-15-37-20-28(40)38-25(16-21-11-13-24(14-12-21)46-47(43,44)45)30(41)36(18-23-9-6-10-26-29(23)35-31(33)48-26)19-27(38)39(37)32(42)34-17-22-7-4-3-5-8-22;/h2-14,25,27H,1,15-20H2,(H2,33,35)(H,34,42)(H2,43,44,45);/q;+1/p-1/t25-,27-;/m0./s1. The number of rotatable bonds is 10. The number of nitrogens with one attached hydrogen (secondary N) is 1. The Morgan fingerprint density at radius 1 is 1.12 bits per heavy atom. The second-order valence-electron chi connectivity index (χ2n) is 11.4. The Morgan fingerprint density at radius 3 is 2.55 bits per heavy atom. The number of benzene rings is 3. The van der Waals surface area contributed by atoms with Gasteiger partial charge in [-0.15, -0.1) is 6.58 Å². The van der Waals surface area contributed by atoms with Crippen molar-refractivity contribution in [1.29, 1.82) is 0 Å². The quantitative estimate of drug-likeness (QED) is 0.110. The topological polar surface area (TPSA) is 185 Å². The molecular formula is C32H33N7NaO7PS. The number of thiazole rings is 1. The van der Waals surface area contributed by atoms with Crippen LogP contribution in [0.1, 0.15) is 16.7 Å². The molecule has 17 heteroatoms. The van der Waals surface area contributed by atoms with E-state index in [-0.39, 0.29) is 86.3 Å². The van der Waals surface area contributed by atoms with Gasteiger partial charge < -0.3 is 35.2 Å². The second-order valence-corrected chi connectivity index (χ2v) is 13.5. The van der Waals surface area contributed by atoms with E-state index in [2.05, 4.69) is 21.4 Å². The van der Waals surface area contributed by atoms with Gasteiger partial charge >= 0.3 is 43.4 Å². The third kappa shape index (κ3) is 8.34. The van der Waals surface area contributed by atoms with Crippen molar-refractivity contribution in [3.8, 4) is 5.75 Å². The van der Waals surface area contributed by atoms with E-state index >= 15 is 0 Å². The van der Waals surface area contributed by atoms with E-state index < -0.39 is 26.1 Å². The predicted octanol–water partition coefficient (Wildman–Crippen LogP) is -0.541. The molecule has 3 atom stereocenters. The normalized spacial score (nSPS) is 19.2. The number of nitrogens with two attached hydrogens (primary N) is 1. The van der Waals surface area contributed by atoms with Crippen LogP contribution in [0.25, 0.3) is 10.2 Å². The fourth-order valence-corrected chi connectivity index (χ4v) is 7.27. The maximum Gasteiger partial charge on any atom is 1.00 e. The zero-order valence-corrected chi connectivity index (χ0v) is 30.4. The number of hydrogen-bond donors (Lipinski definition) is 3. The van der Waals surface area contributed by atoms with Crippen LogP contribution in [0.15, 0.2) is 85.5 Å². The average Bonchev–Trinajstić information content (AvgIpc) is 3.44. The number of hydrogen-bond acceptors (Lipinski definition) is 10. The number of aromatic nitrogens is 1. The van der Waals surface area contributed by atoms with E-state index in [9.17, 15) is 23.8 Å². The number of urea groups is 1. The Bertz CT molecular complexity index is 1890. The summed E-state index contributed by atoms with van der Waals surface area (Å²) < 4.78 is 16.6. The van der Waals surface area contributed by atoms with Crippen LogP contribution in [0.5, 0.6) is 5.75 Å². The first-order chi connectivity index (χ1) is 23.0. The number of anilines is 1. The smallest absolute Gasteiger partial charge is 0.746 e. The largest absolute Gasteiger partial charge is 1.00 e. The van der Waals surface area contributed by atoms with Crippen LogP contribution in [0.2, 0.25) is 0 Å². The molecule has 6 rings (SSSR count). The van der Waals surface area contributed by atoms with Crippen LogP contribution in [-0.4, -0.2) is 79.4 Å². The molecule has 0 spiro atoms. The van der Waals surface area contributed by atoms with Gasteiger partial charge in [0.2, 0.25) is 11.8 Å². The van der Waals surface area contributed by atoms with E-state index in [1.807, 2.05) is 48.5 Å². The van der Waals surface area contributed by atoms with Gasteiger partial charge in [-0.1, -0.05) is 72.0 Å². The maximum absolute atomic E-state index is 14.3. The molecule has 4 amide bonds. The van der Waals surface area contributed by atoms with Crippen molar-refractivity contribution in [2.45, 2.75) is 31.7 Å². The van der Waals surface area contributed by atoms with Gasteiger partial charge in [-0.05, 0) is 34.9 Å². The number of carbonyl (C=O) groups excluding carboxylic acids is 3. The molecule has 2 aliphatic heterocycles. The summed E-state index contributed by atoms with van der Waals surface area (Å²) in [6, 6.07) is 19.4. The Hall–Kier alpha value is -3.79. The number of carbonyl (C=O) groups is 3. The van der Waals surface area contributed by atoms with E-state index in [1.54, 1.807) is 28.1 Å². The number of fused-ring (bicyclic) bond motifs is 2. The molecule has 3 aromatic carbocycles. The summed E-state index contributed by atoms with van der Waals surface area (Å²) in [4.78, 5) is 70.0. The van der Waals surface area contributed by atoms with Gasteiger partial charge in [0.15, 0.2) is 5.13 Å². The summed E-state index contributed by atoms with van der Waals surface area (Å²) >= 11 is 1.34. The van der Waals surface area contributed by atoms with Crippen molar-refractivity contribution in [3.05, 3.63) is 102 Å². The molecule has 1 unspecified atom stereocenters. The molecule has 3 heterocycles. The molecule has 0 radical (unpaired) electrons. The van der Waals surface area contributed by atoms with E-state index in [4.69, 9.17) is 10.6 Å². The van der Waals surface area contributed by atoms with Crippen LogP contribution >= 0.6 is 19.2 Å². The Morgan fingerprint density at radius 2 is 1.86 bits per heavy atom. The van der Waals surface area contributed by atoms with E-state index in [0.29, 0.717) is 16.2 Å². The molecule has 14 nitrogen and oxygen atoms in total. The Kier molecular flexibility index (Phi) is 11.5. The van der Waals surface area contributed by atoms with Crippen molar-refractivity contribution in [3.63, 3.8) is 0 Å². The molecule has 4 aromatic rings. The monoisotopic (exact) mass is 713 g/mol. The predicted molar refractivity (Wildman–Crippen MR) is 177 cm³/mol. The minimum absolute atomic E-state index is 0. The zero-order chi connectivity index (χ0) is 34.0. The van der Waals surface area contributed by atoms with Gasteiger partial charge in [0.05, 0.1) is 23.3 Å². The molecule has 0 aliphatic carbocycles. The molecule has 49 heavy (non-hydrogen) atoms. The summed E-state index contributed by atoms with van der Waals surface area (Å²) in [5, 5.41) is 6.46. The zero-order valence-electron chi connectivity index (χ0n) is 26.7. The summed E-state index contributed by atoms with van der Waals surface area (Å²) in [7, 11) is -5.02. The second kappa shape index (κ2) is 15.4. The first kappa shape index (κ1) is 36.5. The Labute approximate surface area is 308 Å². The third-order valence-electron chi connectivity index (χ3n) is 8.12. The van der Waals surface area contributed by atoms with E-state index in [0.717, 1.165) is 15.8 Å². The van der Waals surface area contributed by atoms with Crippen molar-refractivity contribution in [1.82, 2.24) is 30.1 Å². The Balaban J connectivity index is 0.00000468. The van der Waals surface area contributed by atoms with E-state index in [1.165, 1.54) is 33.4 Å². The number of piperazine rings is 1. The molecule has 2 aliphatic rings. The number of nitrogen functional groups attached to an aromatic ring is 1. The fourth-order valence-electron chi connectivity index (χ4n) is 6.10. The molecule has 1 aromatic heterocycles. The number of hydrazine groups is 1. The number of nitrogens with zero attached hydrogens (tertiary/aromatic N) is 5. The summed E-state index contributed by atoms with van der Waals surface area (Å²) in [5.74, 6) is -0.782. The van der Waals surface area contributed by atoms with Crippen LogP contribution in [-0.2, 0) is 33.7 Å². The number of phosphoric acid groups is 1. The molecule has 4 N–H and O–H groups in total. The fraction of sp³-hybridized carbons (Fsp3) is 0.250. The maximum atomic E-state index is 14.3. The molecule has 2 fully saturated rings. The van der Waals surface area contributed by atoms with Gasteiger partial charge in [0, 0.05) is 26.1 Å². The molecule has 0 saturated carbocycles. The molecule has 0 bridgehead atoms. The van der Waals surface area contributed by atoms with Gasteiger partial charge in [0.25, 0.3) is 0 Å². The number of phosphoric ester groups is 1. The minimum atomic E-state index is -5.02. The number of amides is 4. The van der Waals surface area contributed by atoms with Crippen LogP contribution in [0, 0.1) is 0 Å². The van der Waals surface area contributed by atoms with Crippen LogP contribution < -0.4 is 50.0 Å². The van der Waals surface area contributed by atoms with Gasteiger partial charge in [-0.3, -0.25) is 14.2 Å². The van der Waals surface area contributed by atoms with Crippen molar-refractivity contribution in [2.24, 2.45) is 0 Å². The van der Waals surface area contributed by atoms with Gasteiger partial charge in [-0.25, -0.2) is 19.8 Å². The van der Waals surface area contributed by atoms with Crippen molar-refractivity contribution < 1.29 is 62.8 Å². The van der Waals surface area contributed by atoms with Crippen LogP contribution in [0.3, 0.4) is 0 Å². The first-order valence-corrected chi connectivity index (χ1v) is 17.3. The van der Waals surface area contributed by atoms with Gasteiger partial charge in [-0.2, -0.15) is 0 Å². The third-order valence-corrected chi connectivity index (χ3v) is 9.41. The number of para-hydroxylation sites is 1. The SMILES string of the molecule is C=CCN1CC(=O)N2[C@@H](Cc3ccc(OP(=O)([O-])O)cc3)C(=O)N(Cc3cccc4sc(N)nc34)C[C@@H]2N1C(=O)NCc1ccccc1.[Na+]. The summed E-state index contributed by atoms with van der Waals surface area (Å²) in [6.07, 6.45) is 0.793. The van der Waals surface area contributed by atoms with Gasteiger partial charge in [0.1, 0.15) is 18.0 Å². The molecule has 2 saturated heterocycles. The summed E-state index contributed by atoms with van der Waals surface area (Å²) in [5.41, 5.74) is 8.92. The molecule has 250 valence electrons. The minimum Gasteiger partial charge on any atom is -0.746 e. The average molecular weight is 714 g/mol. The van der Waals surface area contributed by atoms with Crippen LogP contribution in [0.4, 0.5) is 9.93 Å². The first-order valence-electron chi connectivity index (χ1n) is 15.0. The van der Waals surface area contributed by atoms with Crippen molar-refractivity contribution >= 4 is 52.4 Å². The summed E-state index contributed by atoms with van der Waals surface area (Å²) in [6.45, 7) is 4.28.